The molecule has 0 aliphatic carbocycles. The molecule has 0 bridgehead atoms. The zero-order valence-corrected chi connectivity index (χ0v) is 10.6. The minimum absolute atomic E-state index is 0. The van der Waals surface area contributed by atoms with Crippen LogP contribution in [0.3, 0.4) is 0 Å². The van der Waals surface area contributed by atoms with Gasteiger partial charge in [-0.25, -0.2) is 0 Å². The first kappa shape index (κ1) is 20.7. The van der Waals surface area contributed by atoms with Crippen LogP contribution in [0.4, 0.5) is 0 Å². The fourth-order valence-electron chi connectivity index (χ4n) is 1.09. The number of rotatable bonds is 0. The van der Waals surface area contributed by atoms with Crippen LogP contribution in [0.25, 0.3) is 10.9 Å². The van der Waals surface area contributed by atoms with Gasteiger partial charge in [0.2, 0.25) is 0 Å². The summed E-state index contributed by atoms with van der Waals surface area (Å²) in [6, 6.07) is 9.13. The van der Waals surface area contributed by atoms with Crippen molar-refractivity contribution < 1.29 is 24.9 Å². The number of carbonyl (C=O) groups is 2. The maximum atomic E-state index is 9.31. The first-order chi connectivity index (χ1) is 8.84. The molecule has 0 unspecified atom stereocenters. The van der Waals surface area contributed by atoms with E-state index < -0.39 is 11.9 Å². The van der Waals surface area contributed by atoms with Crippen LogP contribution in [0.2, 0.25) is 0 Å². The Morgan fingerprint density at radius 1 is 1.00 bits per heavy atom. The van der Waals surface area contributed by atoms with Gasteiger partial charge in [0, 0.05) is 25.4 Å². The van der Waals surface area contributed by atoms with Crippen LogP contribution in [0.5, 0.6) is 5.75 Å². The van der Waals surface area contributed by atoms with Crippen LogP contribution in [-0.4, -0.2) is 61.8 Å². The van der Waals surface area contributed by atoms with E-state index in [1.54, 1.807) is 18.3 Å². The Hall–Kier alpha value is -1.63. The molecule has 0 aliphatic heterocycles. The Kier molecular flexibility index (Phi) is 11.6. The van der Waals surface area contributed by atoms with Crippen molar-refractivity contribution in [3.05, 3.63) is 36.5 Å². The number of aromatic nitrogens is 1. The van der Waals surface area contributed by atoms with Gasteiger partial charge in [-0.05, 0) is 12.1 Å². The van der Waals surface area contributed by atoms with E-state index >= 15 is 0 Å². The van der Waals surface area contributed by atoms with Gasteiger partial charge in [0.25, 0.3) is 11.9 Å². The van der Waals surface area contributed by atoms with E-state index in [0.29, 0.717) is 5.52 Å². The number of carboxylic acid groups (broad SMARTS) is 2. The van der Waals surface area contributed by atoms with Crippen LogP contribution in [0.1, 0.15) is 13.8 Å². The third-order valence-electron chi connectivity index (χ3n) is 1.61. The summed E-state index contributed by atoms with van der Waals surface area (Å²) < 4.78 is 0. The summed E-state index contributed by atoms with van der Waals surface area (Å²) in [6.45, 7) is 2.17. The van der Waals surface area contributed by atoms with Crippen LogP contribution in [-0.2, 0) is 9.59 Å². The quantitative estimate of drug-likeness (QED) is 0.634. The summed E-state index contributed by atoms with van der Waals surface area (Å²) in [6.07, 6.45) is 1.67. The van der Waals surface area contributed by atoms with Gasteiger partial charge < -0.3 is 15.3 Å². The summed E-state index contributed by atoms with van der Waals surface area (Å²) in [5, 5.41) is 25.1. The van der Waals surface area contributed by atoms with Gasteiger partial charge in [0.15, 0.2) is 0 Å². The summed E-state index contributed by atoms with van der Waals surface area (Å²) in [7, 11) is 0. The number of hydrogen-bond acceptors (Lipinski definition) is 4. The van der Waals surface area contributed by atoms with Gasteiger partial charge in [-0.2, -0.15) is 0 Å². The number of para-hydroxylation sites is 1. The van der Waals surface area contributed by atoms with E-state index in [0.717, 1.165) is 19.2 Å². The molecule has 0 spiro atoms. The molecule has 3 N–H and O–H groups in total. The number of phenols is 1. The molecule has 0 saturated heterocycles. The number of phenolic OH excluding ortho intramolecular Hbond substituents is 1. The molecule has 20 heavy (non-hydrogen) atoms. The van der Waals surface area contributed by atoms with Gasteiger partial charge in [-0.1, -0.05) is 18.2 Å². The van der Waals surface area contributed by atoms with Crippen molar-refractivity contribution in [3.63, 3.8) is 0 Å². The van der Waals surface area contributed by atoms with Crippen molar-refractivity contribution in [3.8, 4) is 5.75 Å². The number of benzene rings is 1. The van der Waals surface area contributed by atoms with Gasteiger partial charge in [-0.3, -0.25) is 14.6 Å². The average Bonchev–Trinajstić information content (AvgIpc) is 2.28. The molecule has 0 amide bonds. The summed E-state index contributed by atoms with van der Waals surface area (Å²) >= 11 is 0. The average molecular weight is 289 g/mol. The summed E-state index contributed by atoms with van der Waals surface area (Å²) in [5.41, 5.74) is 0.662. The Morgan fingerprint density at radius 2 is 1.45 bits per heavy atom. The third kappa shape index (κ3) is 10.3. The van der Waals surface area contributed by atoms with E-state index in [4.69, 9.17) is 19.8 Å². The second-order valence-electron chi connectivity index (χ2n) is 3.39. The van der Waals surface area contributed by atoms with Crippen molar-refractivity contribution >= 4 is 52.4 Å². The Bertz CT molecular complexity index is 534. The molecule has 0 aliphatic rings. The van der Waals surface area contributed by atoms with Gasteiger partial charge in [0.1, 0.15) is 11.3 Å². The topological polar surface area (TPSA) is 108 Å². The first-order valence-electron chi connectivity index (χ1n) is 5.26. The van der Waals surface area contributed by atoms with Crippen LogP contribution < -0.4 is 0 Å². The number of hydrogen-bond donors (Lipinski definition) is 3. The number of fused-ring (bicyclic) bond motifs is 1. The Balaban J connectivity index is 0. The molecule has 0 atom stereocenters. The standard InChI is InChI=1S/C9H7NO.2C2H4O2.Na.H/c11-8-5-1-3-7-4-2-6-10-9(7)8;2*1-2(3)4;;/h1-6,11H;2*1H3,(H,3,4);;. The zero-order chi connectivity index (χ0) is 14.8. The maximum absolute atomic E-state index is 9.31. The summed E-state index contributed by atoms with van der Waals surface area (Å²) in [4.78, 5) is 22.0. The van der Waals surface area contributed by atoms with Crippen molar-refractivity contribution in [2.45, 2.75) is 13.8 Å². The van der Waals surface area contributed by atoms with Crippen molar-refractivity contribution in [2.75, 3.05) is 0 Å². The predicted octanol–water partition coefficient (Wildman–Crippen LogP) is 1.47. The first-order valence-corrected chi connectivity index (χ1v) is 5.26. The van der Waals surface area contributed by atoms with Crippen molar-refractivity contribution in [2.24, 2.45) is 0 Å². The molecule has 0 saturated carbocycles. The van der Waals surface area contributed by atoms with Crippen LogP contribution in [0, 0.1) is 0 Å². The fraction of sp³-hybridized carbons (Fsp3) is 0.154. The Labute approximate surface area is 138 Å². The normalized spacial score (nSPS) is 8.10. The molecule has 7 heteroatoms. The van der Waals surface area contributed by atoms with E-state index in [9.17, 15) is 5.11 Å². The summed E-state index contributed by atoms with van der Waals surface area (Å²) in [5.74, 6) is -1.43. The van der Waals surface area contributed by atoms with Crippen LogP contribution >= 0.6 is 0 Å². The number of aliphatic carboxylic acids is 2. The van der Waals surface area contributed by atoms with E-state index in [1.807, 2.05) is 18.2 Å². The van der Waals surface area contributed by atoms with Gasteiger partial charge in [-0.15, -0.1) is 0 Å². The Morgan fingerprint density at radius 3 is 1.90 bits per heavy atom. The van der Waals surface area contributed by atoms with Crippen molar-refractivity contribution in [1.82, 2.24) is 4.98 Å². The van der Waals surface area contributed by atoms with E-state index in [1.165, 1.54) is 0 Å². The minimum atomic E-state index is -0.833. The molecule has 1 heterocycles. The molecule has 6 nitrogen and oxygen atoms in total. The SMILES string of the molecule is CC(=O)O.CC(=O)O.Oc1cccc2cccnc12.[NaH]. The van der Waals surface area contributed by atoms with Crippen LogP contribution in [0.15, 0.2) is 36.5 Å². The third-order valence-corrected chi connectivity index (χ3v) is 1.61. The molecule has 104 valence electrons. The second-order valence-corrected chi connectivity index (χ2v) is 3.39. The molecule has 0 radical (unpaired) electrons. The van der Waals surface area contributed by atoms with Gasteiger partial charge in [0.05, 0.1) is 0 Å². The monoisotopic (exact) mass is 289 g/mol. The van der Waals surface area contributed by atoms with E-state index in [2.05, 4.69) is 4.98 Å². The predicted molar refractivity (Wildman–Crippen MR) is 77.2 cm³/mol. The molecule has 1 aromatic carbocycles. The van der Waals surface area contributed by atoms with Crippen molar-refractivity contribution in [1.29, 1.82) is 0 Å². The fourth-order valence-corrected chi connectivity index (χ4v) is 1.09. The zero-order valence-electron chi connectivity index (χ0n) is 10.6. The molecule has 2 rings (SSSR count). The molecule has 1 aromatic heterocycles. The second kappa shape index (κ2) is 11.2. The number of pyridine rings is 1. The number of carboxylic acids is 2. The van der Waals surface area contributed by atoms with Gasteiger partial charge >= 0.3 is 29.6 Å². The number of nitrogens with zero attached hydrogens (tertiary/aromatic N) is 1. The molecular weight excluding hydrogens is 273 g/mol. The molecule has 0 fully saturated rings. The van der Waals surface area contributed by atoms with E-state index in [-0.39, 0.29) is 35.3 Å². The molecule has 2 aromatic rings. The molecular formula is C13H16NNaO5. The number of aromatic hydroxyl groups is 1.